The molecule has 0 saturated carbocycles. The zero-order valence-corrected chi connectivity index (χ0v) is 7.67. The Balaban J connectivity index is 3.44. The summed E-state index contributed by atoms with van der Waals surface area (Å²) in [6.07, 6.45) is 2.97. The van der Waals surface area contributed by atoms with Gasteiger partial charge in [0.2, 0.25) is 0 Å². The van der Waals surface area contributed by atoms with Crippen molar-refractivity contribution in [3.8, 4) is 0 Å². The highest BCUT2D eigenvalue weighted by atomic mass is 16.3. The topological polar surface area (TPSA) is 40.5 Å². The number of hydrogen-bond donors (Lipinski definition) is 2. The van der Waals surface area contributed by atoms with Gasteiger partial charge in [0.15, 0.2) is 0 Å². The van der Waals surface area contributed by atoms with Crippen molar-refractivity contribution in [2.45, 2.75) is 39.7 Å². The van der Waals surface area contributed by atoms with E-state index in [-0.39, 0.29) is 18.1 Å². The maximum absolute atomic E-state index is 9.50. The lowest BCUT2D eigenvalue weighted by Gasteiger charge is -2.25. The van der Waals surface area contributed by atoms with Crippen LogP contribution in [-0.2, 0) is 0 Å². The van der Waals surface area contributed by atoms with E-state index >= 15 is 0 Å². The third-order valence-electron chi connectivity index (χ3n) is 1.72. The molecule has 0 aromatic rings. The monoisotopic (exact) mass is 159 g/mol. The minimum Gasteiger partial charge on any atom is -0.396 e. The van der Waals surface area contributed by atoms with Gasteiger partial charge < -0.3 is 10.2 Å². The van der Waals surface area contributed by atoms with Crippen LogP contribution in [0.25, 0.3) is 0 Å². The predicted octanol–water partition coefficient (Wildman–Crippen LogP) is 1.37. The Bertz CT molecular complexity index is 94.2. The van der Waals surface area contributed by atoms with E-state index in [4.69, 9.17) is 5.11 Å². The molecule has 0 aromatic heterocycles. The molecule has 2 nitrogen and oxygen atoms in total. The standard InChI is InChI=1S/C9H19O2/c1-9(2,3)8(11)6-4-5-7-10/h4,8,10-11H,5-7H2,1-3H3. The fourth-order valence-corrected chi connectivity index (χ4v) is 0.721. The minimum atomic E-state index is -0.297. The first-order valence-electron chi connectivity index (χ1n) is 4.09. The molecule has 0 aliphatic carbocycles. The van der Waals surface area contributed by atoms with E-state index in [2.05, 4.69) is 0 Å². The largest absolute Gasteiger partial charge is 0.396 e. The van der Waals surface area contributed by atoms with Crippen LogP contribution in [0.15, 0.2) is 0 Å². The van der Waals surface area contributed by atoms with Gasteiger partial charge in [0.05, 0.1) is 6.10 Å². The molecule has 0 bridgehead atoms. The quantitative estimate of drug-likeness (QED) is 0.608. The van der Waals surface area contributed by atoms with Crippen molar-refractivity contribution in [3.63, 3.8) is 0 Å². The molecule has 0 aromatic carbocycles. The first kappa shape index (κ1) is 10.9. The van der Waals surface area contributed by atoms with E-state index in [0.717, 1.165) is 0 Å². The van der Waals surface area contributed by atoms with Crippen LogP contribution in [0.3, 0.4) is 0 Å². The van der Waals surface area contributed by atoms with Crippen molar-refractivity contribution in [2.24, 2.45) is 5.41 Å². The van der Waals surface area contributed by atoms with Crippen molar-refractivity contribution in [3.05, 3.63) is 6.42 Å². The van der Waals surface area contributed by atoms with Crippen LogP contribution < -0.4 is 0 Å². The summed E-state index contributed by atoms with van der Waals surface area (Å²) in [4.78, 5) is 0. The van der Waals surface area contributed by atoms with Gasteiger partial charge in [-0.05, 0) is 24.7 Å². The average Bonchev–Trinajstić information content (AvgIpc) is 1.86. The van der Waals surface area contributed by atoms with Gasteiger partial charge in [0.25, 0.3) is 0 Å². The number of rotatable bonds is 4. The molecule has 0 heterocycles. The molecule has 67 valence electrons. The molecular formula is C9H19O2. The highest BCUT2D eigenvalue weighted by Gasteiger charge is 2.20. The third kappa shape index (κ3) is 5.22. The molecule has 1 atom stereocenters. The van der Waals surface area contributed by atoms with Gasteiger partial charge in [-0.1, -0.05) is 20.8 Å². The Morgan fingerprint density at radius 1 is 1.36 bits per heavy atom. The second kappa shape index (κ2) is 4.73. The molecule has 2 heteroatoms. The van der Waals surface area contributed by atoms with Crippen molar-refractivity contribution in [1.82, 2.24) is 0 Å². The second-order valence-corrected chi connectivity index (χ2v) is 3.92. The average molecular weight is 159 g/mol. The summed E-state index contributed by atoms with van der Waals surface area (Å²) in [5.41, 5.74) is -0.0496. The van der Waals surface area contributed by atoms with E-state index in [0.29, 0.717) is 12.8 Å². The van der Waals surface area contributed by atoms with Gasteiger partial charge in [-0.3, -0.25) is 0 Å². The van der Waals surface area contributed by atoms with Crippen LogP contribution in [0, 0.1) is 11.8 Å². The molecule has 0 rings (SSSR count). The van der Waals surface area contributed by atoms with Gasteiger partial charge in [-0.25, -0.2) is 0 Å². The summed E-state index contributed by atoms with van der Waals surface area (Å²) in [6.45, 7) is 6.19. The number of hydrogen-bond acceptors (Lipinski definition) is 2. The van der Waals surface area contributed by atoms with E-state index in [9.17, 15) is 5.11 Å². The Kier molecular flexibility index (Phi) is 4.69. The van der Waals surface area contributed by atoms with E-state index in [1.54, 1.807) is 0 Å². The summed E-state index contributed by atoms with van der Waals surface area (Å²) in [5, 5.41) is 18.0. The van der Waals surface area contributed by atoms with Gasteiger partial charge >= 0.3 is 0 Å². The molecule has 0 saturated heterocycles. The highest BCUT2D eigenvalue weighted by Crippen LogP contribution is 2.22. The van der Waals surface area contributed by atoms with Crippen molar-refractivity contribution < 1.29 is 10.2 Å². The van der Waals surface area contributed by atoms with Gasteiger partial charge in [-0.2, -0.15) is 0 Å². The maximum Gasteiger partial charge on any atom is 0.0591 e. The number of aliphatic hydroxyl groups excluding tert-OH is 2. The van der Waals surface area contributed by atoms with E-state index in [1.165, 1.54) is 0 Å². The Labute approximate surface area is 69.2 Å². The molecule has 0 aliphatic heterocycles. The fourth-order valence-electron chi connectivity index (χ4n) is 0.721. The van der Waals surface area contributed by atoms with Crippen LogP contribution >= 0.6 is 0 Å². The van der Waals surface area contributed by atoms with E-state index < -0.39 is 0 Å². The smallest absolute Gasteiger partial charge is 0.0591 e. The Hall–Kier alpha value is -0.0800. The van der Waals surface area contributed by atoms with Crippen LogP contribution in [0.1, 0.15) is 33.6 Å². The van der Waals surface area contributed by atoms with Gasteiger partial charge in [0.1, 0.15) is 0 Å². The summed E-state index contributed by atoms with van der Waals surface area (Å²) in [6, 6.07) is 0. The second-order valence-electron chi connectivity index (χ2n) is 3.92. The zero-order valence-electron chi connectivity index (χ0n) is 7.67. The van der Waals surface area contributed by atoms with Gasteiger partial charge in [-0.15, -0.1) is 0 Å². The molecule has 1 unspecified atom stereocenters. The van der Waals surface area contributed by atoms with Crippen LogP contribution in [-0.4, -0.2) is 22.9 Å². The molecule has 11 heavy (non-hydrogen) atoms. The maximum atomic E-state index is 9.50. The first-order valence-corrected chi connectivity index (χ1v) is 4.09. The lowest BCUT2D eigenvalue weighted by Crippen LogP contribution is -2.25. The lowest BCUT2D eigenvalue weighted by atomic mass is 9.86. The Morgan fingerprint density at radius 2 is 1.91 bits per heavy atom. The van der Waals surface area contributed by atoms with Crippen molar-refractivity contribution in [2.75, 3.05) is 6.61 Å². The van der Waals surface area contributed by atoms with Crippen molar-refractivity contribution in [1.29, 1.82) is 0 Å². The van der Waals surface area contributed by atoms with E-state index in [1.807, 2.05) is 27.2 Å². The predicted molar refractivity (Wildman–Crippen MR) is 46.1 cm³/mol. The summed E-state index contributed by atoms with van der Waals surface area (Å²) >= 11 is 0. The molecule has 2 N–H and O–H groups in total. The lowest BCUT2D eigenvalue weighted by molar-refractivity contribution is 0.0615. The summed E-state index contributed by atoms with van der Waals surface area (Å²) < 4.78 is 0. The van der Waals surface area contributed by atoms with Crippen molar-refractivity contribution >= 4 is 0 Å². The highest BCUT2D eigenvalue weighted by molar-refractivity contribution is 4.78. The molecule has 0 amide bonds. The summed E-state index contributed by atoms with van der Waals surface area (Å²) in [7, 11) is 0. The third-order valence-corrected chi connectivity index (χ3v) is 1.72. The summed E-state index contributed by atoms with van der Waals surface area (Å²) in [5.74, 6) is 0. The molecule has 0 spiro atoms. The van der Waals surface area contributed by atoms with Crippen LogP contribution in [0.5, 0.6) is 0 Å². The molecular weight excluding hydrogens is 140 g/mol. The Morgan fingerprint density at radius 3 is 2.27 bits per heavy atom. The van der Waals surface area contributed by atoms with Gasteiger partial charge in [0, 0.05) is 6.61 Å². The SMILES string of the molecule is CC(C)(C)C(O)C[CH]CCO. The molecule has 1 radical (unpaired) electrons. The number of aliphatic hydroxyl groups is 2. The minimum absolute atomic E-state index is 0.0496. The molecule has 0 aliphatic rings. The first-order chi connectivity index (χ1) is 4.98. The molecule has 0 fully saturated rings. The zero-order chi connectivity index (χ0) is 8.91. The number of unbranched alkanes of at least 4 members (excludes halogenated alkanes) is 1. The van der Waals surface area contributed by atoms with Crippen LogP contribution in [0.4, 0.5) is 0 Å². The normalized spacial score (nSPS) is 15.0. The fraction of sp³-hybridized carbons (Fsp3) is 0.889. The van der Waals surface area contributed by atoms with Crippen LogP contribution in [0.2, 0.25) is 0 Å².